The summed E-state index contributed by atoms with van der Waals surface area (Å²) >= 11 is 9.77. The van der Waals surface area contributed by atoms with Crippen LogP contribution in [0.5, 0.6) is 0 Å². The van der Waals surface area contributed by atoms with Gasteiger partial charge < -0.3 is 5.32 Å². The van der Waals surface area contributed by atoms with Gasteiger partial charge in [0, 0.05) is 35.7 Å². The van der Waals surface area contributed by atoms with E-state index < -0.39 is 0 Å². The molecule has 2 rings (SSSR count). The lowest BCUT2D eigenvalue weighted by Crippen LogP contribution is -2.44. The molecule has 19 heavy (non-hydrogen) atoms. The maximum absolute atomic E-state index is 6.28. The summed E-state index contributed by atoms with van der Waals surface area (Å²) in [5.74, 6) is 0. The minimum atomic E-state index is 0. The lowest BCUT2D eigenvalue weighted by molar-refractivity contribution is 0.203. The Balaban J connectivity index is 0.00000162. The second-order valence-electron chi connectivity index (χ2n) is 4.13. The van der Waals surface area contributed by atoms with E-state index in [9.17, 15) is 0 Å². The molecule has 108 valence electrons. The van der Waals surface area contributed by atoms with Crippen molar-refractivity contribution >= 4 is 52.3 Å². The summed E-state index contributed by atoms with van der Waals surface area (Å²) in [6.07, 6.45) is 1.97. The van der Waals surface area contributed by atoms with Crippen molar-refractivity contribution < 1.29 is 0 Å². The lowest BCUT2D eigenvalue weighted by atomic mass is 10.0. The summed E-state index contributed by atoms with van der Waals surface area (Å²) in [7, 11) is 0. The number of hydrogen-bond acceptors (Lipinski definition) is 2. The average Bonchev–Trinajstić information content (AvgIpc) is 2.36. The quantitative estimate of drug-likeness (QED) is 0.785. The predicted octanol–water partition coefficient (Wildman–Crippen LogP) is 4.08. The van der Waals surface area contributed by atoms with Gasteiger partial charge in [0.2, 0.25) is 0 Å². The van der Waals surface area contributed by atoms with Crippen LogP contribution < -0.4 is 5.32 Å². The van der Waals surface area contributed by atoms with Crippen LogP contribution in [0.2, 0.25) is 5.02 Å². The highest BCUT2D eigenvalue weighted by Gasteiger charge is 2.21. The van der Waals surface area contributed by atoms with E-state index in [2.05, 4.69) is 38.8 Å². The van der Waals surface area contributed by atoms with E-state index in [0.717, 1.165) is 41.2 Å². The Hall–Kier alpha value is 0.230. The number of piperazine rings is 1. The summed E-state index contributed by atoms with van der Waals surface area (Å²) in [6, 6.07) is 6.17. The second-order valence-corrected chi connectivity index (χ2v) is 5.46. The molecule has 1 aliphatic heterocycles. The summed E-state index contributed by atoms with van der Waals surface area (Å²) in [5.41, 5.74) is 1.12. The van der Waals surface area contributed by atoms with E-state index in [1.54, 1.807) is 0 Å². The van der Waals surface area contributed by atoms with Gasteiger partial charge in [-0.15, -0.1) is 31.4 Å². The fourth-order valence-electron chi connectivity index (χ4n) is 2.17. The molecule has 1 heterocycles. The molecule has 0 aromatic heterocycles. The van der Waals surface area contributed by atoms with Gasteiger partial charge in [-0.2, -0.15) is 0 Å². The molecule has 0 spiro atoms. The Labute approximate surface area is 140 Å². The van der Waals surface area contributed by atoms with Gasteiger partial charge >= 0.3 is 0 Å². The number of nitrogens with zero attached hydrogens (tertiary/aromatic N) is 1. The fraction of sp³-hybridized carbons (Fsp3) is 0.385. The van der Waals surface area contributed by atoms with Crippen LogP contribution >= 0.6 is 52.3 Å². The number of rotatable bonds is 3. The van der Waals surface area contributed by atoms with Gasteiger partial charge in [-0.25, -0.2) is 0 Å². The zero-order valence-corrected chi connectivity index (χ0v) is 14.4. The molecule has 6 heteroatoms. The third kappa shape index (κ3) is 4.92. The molecule has 1 saturated heterocycles. The molecule has 1 aromatic carbocycles. The van der Waals surface area contributed by atoms with Crippen molar-refractivity contribution in [1.29, 1.82) is 0 Å². The third-order valence-corrected chi connectivity index (χ3v) is 3.88. The van der Waals surface area contributed by atoms with Crippen molar-refractivity contribution in [1.82, 2.24) is 10.2 Å². The molecule has 1 fully saturated rings. The van der Waals surface area contributed by atoms with Crippen molar-refractivity contribution in [3.05, 3.63) is 45.9 Å². The molecule has 1 aliphatic rings. The smallest absolute Gasteiger partial charge is 0.0545 e. The molecule has 0 amide bonds. The van der Waals surface area contributed by atoms with Crippen molar-refractivity contribution in [3.8, 4) is 0 Å². The van der Waals surface area contributed by atoms with Crippen molar-refractivity contribution in [2.24, 2.45) is 0 Å². The maximum atomic E-state index is 6.28. The number of benzene rings is 1. The summed E-state index contributed by atoms with van der Waals surface area (Å²) < 4.78 is 1.05. The zero-order chi connectivity index (χ0) is 12.3. The normalized spacial score (nSPS) is 16.9. The van der Waals surface area contributed by atoms with Crippen LogP contribution in [-0.2, 0) is 0 Å². The van der Waals surface area contributed by atoms with Crippen LogP contribution in [0.1, 0.15) is 11.6 Å². The molecule has 2 nitrogen and oxygen atoms in total. The summed E-state index contributed by atoms with van der Waals surface area (Å²) in [5, 5.41) is 4.16. The molecular weight excluding hydrogens is 370 g/mol. The van der Waals surface area contributed by atoms with Crippen molar-refractivity contribution in [2.45, 2.75) is 6.04 Å². The van der Waals surface area contributed by atoms with Crippen LogP contribution in [0.4, 0.5) is 0 Å². The van der Waals surface area contributed by atoms with Gasteiger partial charge in [-0.05, 0) is 23.8 Å². The standard InChI is InChI=1S/C13H16BrClN2.2ClH/c1-2-13(17-7-5-16-6-8-17)11-9-10(14)3-4-12(11)15;;/h2-4,9,13,16H,1,5-8H2;2*1H/t13-;;/m0../s1. The highest BCUT2D eigenvalue weighted by molar-refractivity contribution is 9.10. The summed E-state index contributed by atoms with van der Waals surface area (Å²) in [6.45, 7) is 8.05. The average molecular weight is 389 g/mol. The van der Waals surface area contributed by atoms with Crippen molar-refractivity contribution in [3.63, 3.8) is 0 Å². The van der Waals surface area contributed by atoms with E-state index in [-0.39, 0.29) is 30.9 Å². The first kappa shape index (κ1) is 19.2. The van der Waals surface area contributed by atoms with Crippen LogP contribution in [-0.4, -0.2) is 31.1 Å². The summed E-state index contributed by atoms with van der Waals surface area (Å²) in [4.78, 5) is 2.40. The first-order chi connectivity index (χ1) is 8.22. The molecular formula is C13H18BrCl3N2. The first-order valence-corrected chi connectivity index (χ1v) is 6.91. The Kier molecular flexibility index (Phi) is 9.33. The number of nitrogens with one attached hydrogen (secondary N) is 1. The van der Waals surface area contributed by atoms with Crippen molar-refractivity contribution in [2.75, 3.05) is 26.2 Å². The highest BCUT2D eigenvalue weighted by atomic mass is 79.9. The van der Waals surface area contributed by atoms with Gasteiger partial charge in [0.1, 0.15) is 0 Å². The van der Waals surface area contributed by atoms with Crippen LogP contribution in [0.3, 0.4) is 0 Å². The topological polar surface area (TPSA) is 15.3 Å². The van der Waals surface area contributed by atoms with E-state index in [4.69, 9.17) is 11.6 Å². The highest BCUT2D eigenvalue weighted by Crippen LogP contribution is 2.31. The molecule has 0 bridgehead atoms. The van der Waals surface area contributed by atoms with Gasteiger partial charge in [0.05, 0.1) is 6.04 Å². The van der Waals surface area contributed by atoms with Gasteiger partial charge in [0.15, 0.2) is 0 Å². The van der Waals surface area contributed by atoms with Crippen LogP contribution in [0.15, 0.2) is 35.3 Å². The van der Waals surface area contributed by atoms with E-state index in [1.165, 1.54) is 0 Å². The van der Waals surface area contributed by atoms with Gasteiger partial charge in [0.25, 0.3) is 0 Å². The minimum Gasteiger partial charge on any atom is -0.314 e. The van der Waals surface area contributed by atoms with Gasteiger partial charge in [-0.3, -0.25) is 4.90 Å². The van der Waals surface area contributed by atoms with E-state index in [1.807, 2.05) is 18.2 Å². The fourth-order valence-corrected chi connectivity index (χ4v) is 2.78. The Morgan fingerprint density at radius 3 is 2.53 bits per heavy atom. The Morgan fingerprint density at radius 1 is 1.32 bits per heavy atom. The van der Waals surface area contributed by atoms with Crippen LogP contribution in [0.25, 0.3) is 0 Å². The minimum absolute atomic E-state index is 0. The first-order valence-electron chi connectivity index (χ1n) is 5.74. The van der Waals surface area contributed by atoms with E-state index >= 15 is 0 Å². The molecule has 0 unspecified atom stereocenters. The molecule has 1 atom stereocenters. The molecule has 0 radical (unpaired) electrons. The Bertz CT molecular complexity index is 409. The molecule has 0 aliphatic carbocycles. The van der Waals surface area contributed by atoms with Crippen LogP contribution in [0, 0.1) is 0 Å². The monoisotopic (exact) mass is 386 g/mol. The molecule has 1 N–H and O–H groups in total. The van der Waals surface area contributed by atoms with E-state index in [0.29, 0.717) is 0 Å². The van der Waals surface area contributed by atoms with Gasteiger partial charge in [-0.1, -0.05) is 33.6 Å². The number of hydrogen-bond donors (Lipinski definition) is 1. The SMILES string of the molecule is C=C[C@@H](c1cc(Br)ccc1Cl)N1CCNCC1.Cl.Cl. The molecule has 1 aromatic rings. The third-order valence-electron chi connectivity index (χ3n) is 3.04. The molecule has 0 saturated carbocycles. The second kappa shape index (κ2) is 9.22. The lowest BCUT2D eigenvalue weighted by Gasteiger charge is -2.33. The Morgan fingerprint density at radius 2 is 1.95 bits per heavy atom. The predicted molar refractivity (Wildman–Crippen MR) is 91.0 cm³/mol. The zero-order valence-electron chi connectivity index (χ0n) is 10.4. The number of halogens is 4. The largest absolute Gasteiger partial charge is 0.314 e. The maximum Gasteiger partial charge on any atom is 0.0545 e.